The van der Waals surface area contributed by atoms with Gasteiger partial charge in [-0.15, -0.1) is 0 Å². The second-order valence-electron chi connectivity index (χ2n) is 6.84. The Morgan fingerprint density at radius 2 is 1.78 bits per heavy atom. The fourth-order valence-corrected chi connectivity index (χ4v) is 3.57. The Bertz CT molecular complexity index is 1350. The van der Waals surface area contributed by atoms with Crippen LogP contribution in [0.5, 0.6) is 11.5 Å². The van der Waals surface area contributed by atoms with E-state index in [1.54, 1.807) is 66.7 Å². The summed E-state index contributed by atoms with van der Waals surface area (Å²) >= 11 is 6.17. The maximum Gasteiger partial charge on any atom is 0.279 e. The largest absolute Gasteiger partial charge is 0.495 e. The summed E-state index contributed by atoms with van der Waals surface area (Å²) in [6.07, 6.45) is 0. The zero-order valence-electron chi connectivity index (χ0n) is 17.5. The van der Waals surface area contributed by atoms with E-state index in [0.717, 1.165) is 0 Å². The molecule has 0 aliphatic rings. The van der Waals surface area contributed by atoms with Gasteiger partial charge in [-0.1, -0.05) is 29.8 Å². The van der Waals surface area contributed by atoms with E-state index < -0.39 is 5.91 Å². The van der Waals surface area contributed by atoms with Crippen molar-refractivity contribution in [2.45, 2.75) is 6.92 Å². The van der Waals surface area contributed by atoms with E-state index in [2.05, 4.69) is 10.4 Å². The summed E-state index contributed by atoms with van der Waals surface area (Å²) < 4.78 is 11.8. The molecule has 162 valence electrons. The highest BCUT2D eigenvalue weighted by molar-refractivity contribution is 6.32. The molecule has 0 atom stereocenters. The zero-order valence-corrected chi connectivity index (χ0v) is 18.2. The standard InChI is InChI=1S/C24H20ClN3O4/c1-3-32-17-11-9-16(10-12-17)28-24(30)19-7-5-4-6-18(19)22(27-28)23(29)26-15-8-13-21(31-2)20(25)14-15/h4-14H,3H2,1-2H3,(H,26,29). The Labute approximate surface area is 189 Å². The van der Waals surface area contributed by atoms with Crippen molar-refractivity contribution in [2.75, 3.05) is 19.0 Å². The molecule has 0 aliphatic carbocycles. The fraction of sp³-hybridized carbons (Fsp3) is 0.125. The molecule has 1 heterocycles. The predicted octanol–water partition coefficient (Wildman–Crippen LogP) is 4.70. The lowest BCUT2D eigenvalue weighted by atomic mass is 10.1. The van der Waals surface area contributed by atoms with Crippen LogP contribution in [-0.4, -0.2) is 29.4 Å². The molecule has 0 unspecified atom stereocenters. The normalized spacial score (nSPS) is 10.7. The Morgan fingerprint density at radius 3 is 2.44 bits per heavy atom. The van der Waals surface area contributed by atoms with Crippen molar-refractivity contribution >= 4 is 34.0 Å². The molecule has 32 heavy (non-hydrogen) atoms. The van der Waals surface area contributed by atoms with Crippen molar-refractivity contribution < 1.29 is 14.3 Å². The lowest BCUT2D eigenvalue weighted by Crippen LogP contribution is -2.26. The van der Waals surface area contributed by atoms with Crippen molar-refractivity contribution in [2.24, 2.45) is 0 Å². The average Bonchev–Trinajstić information content (AvgIpc) is 2.80. The number of ether oxygens (including phenoxy) is 2. The number of nitrogens with one attached hydrogen (secondary N) is 1. The summed E-state index contributed by atoms with van der Waals surface area (Å²) in [6, 6.07) is 18.7. The SMILES string of the molecule is CCOc1ccc(-n2nc(C(=O)Nc3ccc(OC)c(Cl)c3)c3ccccc3c2=O)cc1. The minimum absolute atomic E-state index is 0.112. The molecule has 8 heteroatoms. The van der Waals surface area contributed by atoms with Crippen LogP contribution in [0.15, 0.2) is 71.5 Å². The molecular weight excluding hydrogens is 430 g/mol. The van der Waals surface area contributed by atoms with E-state index in [4.69, 9.17) is 21.1 Å². The number of carbonyl (C=O) groups is 1. The zero-order chi connectivity index (χ0) is 22.7. The lowest BCUT2D eigenvalue weighted by Gasteiger charge is -2.12. The number of benzene rings is 3. The van der Waals surface area contributed by atoms with Crippen LogP contribution in [0, 0.1) is 0 Å². The van der Waals surface area contributed by atoms with Crippen molar-refractivity contribution in [3.05, 3.63) is 87.8 Å². The molecule has 7 nitrogen and oxygen atoms in total. The summed E-state index contributed by atoms with van der Waals surface area (Å²) in [5.74, 6) is 0.707. The topological polar surface area (TPSA) is 82.5 Å². The van der Waals surface area contributed by atoms with E-state index in [-0.39, 0.29) is 11.3 Å². The monoisotopic (exact) mass is 449 g/mol. The highest BCUT2D eigenvalue weighted by Gasteiger charge is 2.18. The Balaban J connectivity index is 1.78. The van der Waals surface area contributed by atoms with Crippen LogP contribution >= 0.6 is 11.6 Å². The predicted molar refractivity (Wildman–Crippen MR) is 124 cm³/mol. The molecule has 4 aromatic rings. The molecule has 0 saturated heterocycles. The van der Waals surface area contributed by atoms with E-state index in [1.807, 2.05) is 6.92 Å². The lowest BCUT2D eigenvalue weighted by molar-refractivity contribution is 0.102. The number of aromatic nitrogens is 2. The van der Waals surface area contributed by atoms with Crippen LogP contribution in [0.2, 0.25) is 5.02 Å². The van der Waals surface area contributed by atoms with Gasteiger partial charge < -0.3 is 14.8 Å². The van der Waals surface area contributed by atoms with Crippen LogP contribution in [0.25, 0.3) is 16.5 Å². The molecule has 0 saturated carbocycles. The molecule has 1 amide bonds. The summed E-state index contributed by atoms with van der Waals surface area (Å²) in [6.45, 7) is 2.43. The third-order valence-corrected chi connectivity index (χ3v) is 5.12. The second-order valence-corrected chi connectivity index (χ2v) is 7.25. The summed E-state index contributed by atoms with van der Waals surface area (Å²) in [4.78, 5) is 26.2. The maximum absolute atomic E-state index is 13.1. The quantitative estimate of drug-likeness (QED) is 0.461. The molecule has 1 aromatic heterocycles. The first kappa shape index (κ1) is 21.4. The summed E-state index contributed by atoms with van der Waals surface area (Å²) in [5.41, 5.74) is 0.783. The van der Waals surface area contributed by atoms with Crippen LogP contribution in [-0.2, 0) is 0 Å². The van der Waals surface area contributed by atoms with Crippen molar-refractivity contribution in [1.82, 2.24) is 9.78 Å². The van der Waals surface area contributed by atoms with Gasteiger partial charge in [0.05, 0.1) is 29.8 Å². The average molecular weight is 450 g/mol. The van der Waals surface area contributed by atoms with E-state index in [0.29, 0.717) is 45.3 Å². The first-order valence-corrected chi connectivity index (χ1v) is 10.3. The molecule has 4 rings (SSSR count). The summed E-state index contributed by atoms with van der Waals surface area (Å²) in [5, 5.41) is 8.38. The third-order valence-electron chi connectivity index (χ3n) is 4.82. The van der Waals surface area contributed by atoms with E-state index in [9.17, 15) is 9.59 Å². The third kappa shape index (κ3) is 4.15. The Hall–Kier alpha value is -3.84. The Kier molecular flexibility index (Phi) is 6.09. The first-order valence-electron chi connectivity index (χ1n) is 9.92. The molecule has 0 radical (unpaired) electrons. The van der Waals surface area contributed by atoms with Gasteiger partial charge in [0.1, 0.15) is 11.5 Å². The van der Waals surface area contributed by atoms with Crippen LogP contribution < -0.4 is 20.3 Å². The number of methoxy groups -OCH3 is 1. The first-order chi connectivity index (χ1) is 15.5. The maximum atomic E-state index is 13.1. The molecule has 3 aromatic carbocycles. The summed E-state index contributed by atoms with van der Waals surface area (Å²) in [7, 11) is 1.51. The van der Waals surface area contributed by atoms with E-state index in [1.165, 1.54) is 11.8 Å². The van der Waals surface area contributed by atoms with Crippen molar-refractivity contribution in [1.29, 1.82) is 0 Å². The fourth-order valence-electron chi connectivity index (χ4n) is 3.32. The van der Waals surface area contributed by atoms with Crippen LogP contribution in [0.4, 0.5) is 5.69 Å². The van der Waals surface area contributed by atoms with Gasteiger partial charge in [-0.3, -0.25) is 9.59 Å². The number of hydrogen-bond acceptors (Lipinski definition) is 5. The number of halogens is 1. The van der Waals surface area contributed by atoms with Gasteiger partial charge >= 0.3 is 0 Å². The van der Waals surface area contributed by atoms with Crippen LogP contribution in [0.3, 0.4) is 0 Å². The van der Waals surface area contributed by atoms with Gasteiger partial charge in [-0.2, -0.15) is 9.78 Å². The smallest absolute Gasteiger partial charge is 0.279 e. The Morgan fingerprint density at radius 1 is 1.06 bits per heavy atom. The second kappa shape index (κ2) is 9.11. The number of hydrogen-bond donors (Lipinski definition) is 1. The number of fused-ring (bicyclic) bond motifs is 1. The van der Waals surface area contributed by atoms with Gasteiger partial charge in [0.2, 0.25) is 0 Å². The minimum atomic E-state index is -0.470. The van der Waals surface area contributed by atoms with Crippen LogP contribution in [0.1, 0.15) is 17.4 Å². The van der Waals surface area contributed by atoms with Crippen molar-refractivity contribution in [3.8, 4) is 17.2 Å². The molecule has 0 fully saturated rings. The molecule has 0 aliphatic heterocycles. The minimum Gasteiger partial charge on any atom is -0.495 e. The van der Waals surface area contributed by atoms with Gasteiger partial charge in [0.25, 0.3) is 11.5 Å². The number of carbonyl (C=O) groups excluding carboxylic acids is 1. The number of anilines is 1. The highest BCUT2D eigenvalue weighted by Crippen LogP contribution is 2.27. The van der Waals surface area contributed by atoms with Gasteiger partial charge in [0.15, 0.2) is 5.69 Å². The molecule has 0 spiro atoms. The number of nitrogens with zero attached hydrogens (tertiary/aromatic N) is 2. The molecular formula is C24H20ClN3O4. The molecule has 1 N–H and O–H groups in total. The highest BCUT2D eigenvalue weighted by atomic mass is 35.5. The van der Waals surface area contributed by atoms with Gasteiger partial charge in [-0.05, 0) is 55.5 Å². The number of amides is 1. The van der Waals surface area contributed by atoms with Gasteiger partial charge in [0, 0.05) is 11.1 Å². The molecule has 0 bridgehead atoms. The van der Waals surface area contributed by atoms with E-state index >= 15 is 0 Å². The number of rotatable bonds is 6. The van der Waals surface area contributed by atoms with Crippen molar-refractivity contribution in [3.63, 3.8) is 0 Å². The van der Waals surface area contributed by atoms with Gasteiger partial charge in [-0.25, -0.2) is 0 Å².